The highest BCUT2D eigenvalue weighted by Crippen LogP contribution is 2.04. The van der Waals surface area contributed by atoms with E-state index in [2.05, 4.69) is 36.5 Å². The van der Waals surface area contributed by atoms with E-state index in [1.165, 1.54) is 11.1 Å². The lowest BCUT2D eigenvalue weighted by Gasteiger charge is -2.04. The van der Waals surface area contributed by atoms with E-state index >= 15 is 0 Å². The third kappa shape index (κ3) is 3.90. The van der Waals surface area contributed by atoms with Gasteiger partial charge >= 0.3 is 0 Å². The monoisotopic (exact) mass is 193 g/mol. The molecule has 1 N–H and O–H groups in total. The zero-order valence-electron chi connectivity index (χ0n) is 9.05. The van der Waals surface area contributed by atoms with Crippen LogP contribution in [0.4, 0.5) is 0 Å². The van der Waals surface area contributed by atoms with Crippen LogP contribution in [0.3, 0.4) is 0 Å². The summed E-state index contributed by atoms with van der Waals surface area (Å²) in [5.74, 6) is 0. The first-order valence-electron chi connectivity index (χ1n) is 5.14. The first kappa shape index (κ1) is 11.2. The van der Waals surface area contributed by atoms with Crippen LogP contribution in [0.5, 0.6) is 0 Å². The zero-order chi connectivity index (χ0) is 10.2. The van der Waals surface area contributed by atoms with Crippen molar-refractivity contribution in [3.63, 3.8) is 0 Å². The van der Waals surface area contributed by atoms with Crippen LogP contribution in [0.15, 0.2) is 24.3 Å². The SMILES string of the molecule is CCNCc1ccc(CCOC)cc1. The van der Waals surface area contributed by atoms with Gasteiger partial charge in [-0.25, -0.2) is 0 Å². The molecule has 0 aliphatic carbocycles. The largest absolute Gasteiger partial charge is 0.384 e. The van der Waals surface area contributed by atoms with Crippen molar-refractivity contribution in [2.75, 3.05) is 20.3 Å². The van der Waals surface area contributed by atoms with Crippen molar-refractivity contribution in [2.45, 2.75) is 19.9 Å². The molecule has 1 aromatic rings. The predicted molar refractivity (Wildman–Crippen MR) is 59.4 cm³/mol. The summed E-state index contributed by atoms with van der Waals surface area (Å²) in [6.07, 6.45) is 0.998. The van der Waals surface area contributed by atoms with Gasteiger partial charge in [-0.1, -0.05) is 31.2 Å². The molecular formula is C12H19NO. The third-order valence-electron chi connectivity index (χ3n) is 2.20. The van der Waals surface area contributed by atoms with E-state index in [9.17, 15) is 0 Å². The van der Waals surface area contributed by atoms with E-state index in [1.54, 1.807) is 7.11 Å². The molecular weight excluding hydrogens is 174 g/mol. The van der Waals surface area contributed by atoms with Crippen LogP contribution in [0.2, 0.25) is 0 Å². The Kier molecular flexibility index (Phi) is 5.27. The Morgan fingerprint density at radius 1 is 1.14 bits per heavy atom. The smallest absolute Gasteiger partial charge is 0.0502 e. The van der Waals surface area contributed by atoms with Crippen LogP contribution in [-0.2, 0) is 17.7 Å². The molecule has 0 unspecified atom stereocenters. The highest BCUT2D eigenvalue weighted by atomic mass is 16.5. The Labute approximate surface area is 86.3 Å². The molecule has 78 valence electrons. The summed E-state index contributed by atoms with van der Waals surface area (Å²) in [7, 11) is 1.74. The Bertz CT molecular complexity index is 216. The lowest BCUT2D eigenvalue weighted by molar-refractivity contribution is 0.202. The minimum Gasteiger partial charge on any atom is -0.384 e. The minimum atomic E-state index is 0.798. The van der Waals surface area contributed by atoms with Gasteiger partial charge in [0.2, 0.25) is 0 Å². The maximum Gasteiger partial charge on any atom is 0.0502 e. The molecule has 0 saturated heterocycles. The second kappa shape index (κ2) is 6.57. The number of benzene rings is 1. The molecule has 1 rings (SSSR count). The van der Waals surface area contributed by atoms with Gasteiger partial charge in [-0.3, -0.25) is 0 Å². The normalized spacial score (nSPS) is 10.4. The summed E-state index contributed by atoms with van der Waals surface area (Å²) in [5.41, 5.74) is 2.68. The summed E-state index contributed by atoms with van der Waals surface area (Å²) in [4.78, 5) is 0. The Morgan fingerprint density at radius 3 is 2.36 bits per heavy atom. The Hall–Kier alpha value is -0.860. The molecule has 0 radical (unpaired) electrons. The van der Waals surface area contributed by atoms with Crippen LogP contribution in [-0.4, -0.2) is 20.3 Å². The number of nitrogens with one attached hydrogen (secondary N) is 1. The van der Waals surface area contributed by atoms with Crippen molar-refractivity contribution in [3.05, 3.63) is 35.4 Å². The van der Waals surface area contributed by atoms with Gasteiger partial charge in [-0.2, -0.15) is 0 Å². The van der Waals surface area contributed by atoms with E-state index in [0.717, 1.165) is 26.1 Å². The van der Waals surface area contributed by atoms with Gasteiger partial charge in [0.25, 0.3) is 0 Å². The molecule has 0 spiro atoms. The second-order valence-corrected chi connectivity index (χ2v) is 3.34. The van der Waals surface area contributed by atoms with Crippen molar-refractivity contribution in [2.24, 2.45) is 0 Å². The third-order valence-corrected chi connectivity index (χ3v) is 2.20. The molecule has 0 fully saturated rings. The van der Waals surface area contributed by atoms with Crippen LogP contribution in [0.1, 0.15) is 18.1 Å². The lowest BCUT2D eigenvalue weighted by Crippen LogP contribution is -2.11. The van der Waals surface area contributed by atoms with E-state index in [-0.39, 0.29) is 0 Å². The number of methoxy groups -OCH3 is 1. The molecule has 0 amide bonds. The first-order chi connectivity index (χ1) is 6.86. The van der Waals surface area contributed by atoms with E-state index in [0.29, 0.717) is 0 Å². The summed E-state index contributed by atoms with van der Waals surface area (Å²) in [5, 5.41) is 3.30. The van der Waals surface area contributed by atoms with Gasteiger partial charge in [-0.15, -0.1) is 0 Å². The van der Waals surface area contributed by atoms with Crippen LogP contribution in [0.25, 0.3) is 0 Å². The first-order valence-corrected chi connectivity index (χ1v) is 5.14. The Morgan fingerprint density at radius 2 is 1.79 bits per heavy atom. The van der Waals surface area contributed by atoms with Crippen LogP contribution >= 0.6 is 0 Å². The quantitative estimate of drug-likeness (QED) is 0.746. The molecule has 0 heterocycles. The van der Waals surface area contributed by atoms with Crippen molar-refractivity contribution in [1.82, 2.24) is 5.32 Å². The maximum absolute atomic E-state index is 5.03. The fraction of sp³-hybridized carbons (Fsp3) is 0.500. The molecule has 2 nitrogen and oxygen atoms in total. The van der Waals surface area contributed by atoms with Crippen LogP contribution in [0, 0.1) is 0 Å². The minimum absolute atomic E-state index is 0.798. The van der Waals surface area contributed by atoms with Crippen molar-refractivity contribution in [3.8, 4) is 0 Å². The molecule has 2 heteroatoms. The average molecular weight is 193 g/mol. The molecule has 14 heavy (non-hydrogen) atoms. The zero-order valence-corrected chi connectivity index (χ0v) is 9.05. The molecule has 0 atom stereocenters. The second-order valence-electron chi connectivity index (χ2n) is 3.34. The molecule has 0 aromatic heterocycles. The fourth-order valence-electron chi connectivity index (χ4n) is 1.31. The van der Waals surface area contributed by atoms with Crippen molar-refractivity contribution >= 4 is 0 Å². The van der Waals surface area contributed by atoms with Gasteiger partial charge in [0, 0.05) is 13.7 Å². The lowest BCUT2D eigenvalue weighted by atomic mass is 10.1. The number of rotatable bonds is 6. The standard InChI is InChI=1S/C12H19NO/c1-3-13-10-12-6-4-11(5-7-12)8-9-14-2/h4-7,13H,3,8-10H2,1-2H3. The topological polar surface area (TPSA) is 21.3 Å². The molecule has 0 saturated carbocycles. The van der Waals surface area contributed by atoms with E-state index in [4.69, 9.17) is 4.74 Å². The van der Waals surface area contributed by atoms with Gasteiger partial charge in [-0.05, 0) is 24.1 Å². The summed E-state index contributed by atoms with van der Waals surface area (Å²) in [6, 6.07) is 8.69. The van der Waals surface area contributed by atoms with Gasteiger partial charge < -0.3 is 10.1 Å². The fourth-order valence-corrected chi connectivity index (χ4v) is 1.31. The number of hydrogen-bond acceptors (Lipinski definition) is 2. The van der Waals surface area contributed by atoms with Gasteiger partial charge in [0.15, 0.2) is 0 Å². The molecule has 0 aliphatic rings. The molecule has 0 aliphatic heterocycles. The average Bonchev–Trinajstić information content (AvgIpc) is 2.25. The van der Waals surface area contributed by atoms with E-state index < -0.39 is 0 Å². The highest BCUT2D eigenvalue weighted by Gasteiger charge is 1.94. The predicted octanol–water partition coefficient (Wildman–Crippen LogP) is 1.99. The van der Waals surface area contributed by atoms with Gasteiger partial charge in [0.05, 0.1) is 6.61 Å². The maximum atomic E-state index is 5.03. The number of ether oxygens (including phenoxy) is 1. The number of hydrogen-bond donors (Lipinski definition) is 1. The molecule has 0 bridgehead atoms. The molecule has 1 aromatic carbocycles. The van der Waals surface area contributed by atoms with Gasteiger partial charge in [0.1, 0.15) is 0 Å². The van der Waals surface area contributed by atoms with Crippen molar-refractivity contribution in [1.29, 1.82) is 0 Å². The highest BCUT2D eigenvalue weighted by molar-refractivity contribution is 5.22. The van der Waals surface area contributed by atoms with Crippen LogP contribution < -0.4 is 5.32 Å². The van der Waals surface area contributed by atoms with E-state index in [1.807, 2.05) is 0 Å². The summed E-state index contributed by atoms with van der Waals surface area (Å²) < 4.78 is 5.03. The summed E-state index contributed by atoms with van der Waals surface area (Å²) >= 11 is 0. The Balaban J connectivity index is 2.42. The van der Waals surface area contributed by atoms with Crippen molar-refractivity contribution < 1.29 is 4.74 Å². The summed E-state index contributed by atoms with van der Waals surface area (Å²) in [6.45, 7) is 4.89.